The molecule has 5 aliphatic carbocycles. The molecule has 0 N–H and O–H groups in total. The molecule has 0 aliphatic heterocycles. The molecule has 0 aromatic rings. The first-order valence-corrected chi connectivity index (χ1v) is 13.2. The highest BCUT2D eigenvalue weighted by atomic mass is 16.1. The smallest absolute Gasteiger partial charge is 0.162 e. The Kier molecular flexibility index (Phi) is 6.80. The standard InChI is InChI=1S/C28H36O2.C2H6/c1-27-15-14-24-22(23(27)10-7-11-26(27)30)13-12-21-17-25(29)20(18-28(21,24)2)16-19-8-5-3-4-6-9-19;1-2/h3-5,8,12,16,19,22-24H,6-7,9-11,13-15,17-18H2,1-2H3;1-2H3/b20-16+;. The number of carbonyl (C=O) groups excluding carboxylic acids is 2. The van der Waals surface area contributed by atoms with Crippen LogP contribution < -0.4 is 0 Å². The maximum absolute atomic E-state index is 13.0. The lowest BCUT2D eigenvalue weighted by Crippen LogP contribution is -2.54. The van der Waals surface area contributed by atoms with E-state index in [9.17, 15) is 9.59 Å². The number of hydrogen-bond donors (Lipinski definition) is 0. The fourth-order valence-corrected chi connectivity index (χ4v) is 7.74. The Morgan fingerprint density at radius 1 is 1.00 bits per heavy atom. The summed E-state index contributed by atoms with van der Waals surface area (Å²) in [6.07, 6.45) is 23.4. The number of carbonyl (C=O) groups is 2. The minimum Gasteiger partial charge on any atom is -0.299 e. The minimum atomic E-state index is -0.0948. The Morgan fingerprint density at radius 2 is 1.78 bits per heavy atom. The number of fused-ring (bicyclic) bond motifs is 5. The first-order chi connectivity index (χ1) is 15.4. The Morgan fingerprint density at radius 3 is 2.59 bits per heavy atom. The lowest BCUT2D eigenvalue weighted by Gasteiger charge is -2.59. The molecular formula is C30H42O2. The molecule has 6 unspecified atom stereocenters. The molecule has 32 heavy (non-hydrogen) atoms. The molecule has 5 rings (SSSR count). The minimum absolute atomic E-state index is 0.0944. The molecule has 0 saturated heterocycles. The van der Waals surface area contributed by atoms with Crippen molar-refractivity contribution in [2.45, 2.75) is 91.9 Å². The Bertz CT molecular complexity index is 871. The van der Waals surface area contributed by atoms with Crippen LogP contribution in [-0.4, -0.2) is 11.6 Å². The van der Waals surface area contributed by atoms with Crippen molar-refractivity contribution in [2.75, 3.05) is 0 Å². The van der Waals surface area contributed by atoms with Gasteiger partial charge in [0, 0.05) is 18.3 Å². The third kappa shape index (κ3) is 3.93. The predicted octanol–water partition coefficient (Wildman–Crippen LogP) is 7.56. The second-order valence-electron chi connectivity index (χ2n) is 11.1. The molecule has 2 heteroatoms. The largest absolute Gasteiger partial charge is 0.299 e. The zero-order chi connectivity index (χ0) is 22.9. The van der Waals surface area contributed by atoms with E-state index in [0.29, 0.717) is 41.7 Å². The number of allylic oxidation sites excluding steroid dienone is 8. The van der Waals surface area contributed by atoms with Crippen LogP contribution in [0.3, 0.4) is 0 Å². The lowest BCUT2D eigenvalue weighted by molar-refractivity contribution is -0.144. The topological polar surface area (TPSA) is 34.1 Å². The van der Waals surface area contributed by atoms with Crippen LogP contribution in [0, 0.1) is 34.5 Å². The van der Waals surface area contributed by atoms with Crippen molar-refractivity contribution in [1.29, 1.82) is 0 Å². The van der Waals surface area contributed by atoms with Crippen molar-refractivity contribution in [2.24, 2.45) is 34.5 Å². The van der Waals surface area contributed by atoms with E-state index in [1.54, 1.807) is 0 Å². The second kappa shape index (κ2) is 9.27. The number of ketones is 2. The first-order valence-electron chi connectivity index (χ1n) is 13.2. The van der Waals surface area contributed by atoms with E-state index >= 15 is 0 Å². The molecule has 0 aromatic carbocycles. The van der Waals surface area contributed by atoms with Crippen molar-refractivity contribution in [1.82, 2.24) is 0 Å². The molecule has 3 saturated carbocycles. The summed E-state index contributed by atoms with van der Waals surface area (Å²) in [5.41, 5.74) is 2.47. The van der Waals surface area contributed by atoms with E-state index in [4.69, 9.17) is 0 Å². The highest BCUT2D eigenvalue weighted by Crippen LogP contribution is 2.63. The van der Waals surface area contributed by atoms with Gasteiger partial charge in [-0.05, 0) is 86.0 Å². The average molecular weight is 435 g/mol. The normalized spacial score (nSPS) is 42.1. The summed E-state index contributed by atoms with van der Waals surface area (Å²) < 4.78 is 0. The fourth-order valence-electron chi connectivity index (χ4n) is 7.74. The molecular weight excluding hydrogens is 392 g/mol. The van der Waals surface area contributed by atoms with E-state index in [0.717, 1.165) is 56.9 Å². The van der Waals surface area contributed by atoms with Gasteiger partial charge in [-0.1, -0.05) is 69.7 Å². The summed E-state index contributed by atoms with van der Waals surface area (Å²) in [6.45, 7) is 8.70. The molecule has 0 bridgehead atoms. The van der Waals surface area contributed by atoms with Crippen LogP contribution in [0.25, 0.3) is 0 Å². The van der Waals surface area contributed by atoms with Crippen molar-refractivity contribution < 1.29 is 9.59 Å². The summed E-state index contributed by atoms with van der Waals surface area (Å²) in [7, 11) is 0. The predicted molar refractivity (Wildman–Crippen MR) is 132 cm³/mol. The Hall–Kier alpha value is -1.70. The molecule has 6 atom stereocenters. The van der Waals surface area contributed by atoms with Gasteiger partial charge in [0.25, 0.3) is 0 Å². The van der Waals surface area contributed by atoms with Crippen LogP contribution in [-0.2, 0) is 9.59 Å². The molecule has 5 aliphatic rings. The molecule has 0 amide bonds. The number of hydrogen-bond acceptors (Lipinski definition) is 2. The van der Waals surface area contributed by atoms with Gasteiger partial charge < -0.3 is 0 Å². The molecule has 174 valence electrons. The number of Topliss-reactive ketones (excluding diaryl/α,β-unsaturated/α-hetero) is 2. The third-order valence-electron chi connectivity index (χ3n) is 9.53. The highest BCUT2D eigenvalue weighted by molar-refractivity contribution is 5.98. The van der Waals surface area contributed by atoms with Gasteiger partial charge in [-0.2, -0.15) is 0 Å². The molecule has 3 fully saturated rings. The van der Waals surface area contributed by atoms with Gasteiger partial charge in [0.05, 0.1) is 0 Å². The molecule has 0 spiro atoms. The summed E-state index contributed by atoms with van der Waals surface area (Å²) in [5, 5.41) is 0. The van der Waals surface area contributed by atoms with Gasteiger partial charge in [-0.25, -0.2) is 0 Å². The van der Waals surface area contributed by atoms with Crippen LogP contribution in [0.5, 0.6) is 0 Å². The van der Waals surface area contributed by atoms with Gasteiger partial charge in [0.15, 0.2) is 5.78 Å². The van der Waals surface area contributed by atoms with Gasteiger partial charge in [0.1, 0.15) is 5.78 Å². The Labute approximate surface area is 195 Å². The lowest BCUT2D eigenvalue weighted by atomic mass is 9.45. The van der Waals surface area contributed by atoms with Gasteiger partial charge >= 0.3 is 0 Å². The zero-order valence-electron chi connectivity index (χ0n) is 20.7. The number of rotatable bonds is 1. The summed E-state index contributed by atoms with van der Waals surface area (Å²) in [4.78, 5) is 25.9. The van der Waals surface area contributed by atoms with E-state index in [-0.39, 0.29) is 10.8 Å². The SMILES string of the molecule is CC.CC12CCC3C(CC=C4CC(=O)/C(=C/C5C=CC=CCC5)CC43C)C1CCCC2=O. The van der Waals surface area contributed by atoms with Gasteiger partial charge in [-0.3, -0.25) is 9.59 Å². The van der Waals surface area contributed by atoms with Crippen molar-refractivity contribution in [3.8, 4) is 0 Å². The summed E-state index contributed by atoms with van der Waals surface area (Å²) >= 11 is 0. The van der Waals surface area contributed by atoms with Crippen LogP contribution >= 0.6 is 0 Å². The summed E-state index contributed by atoms with van der Waals surface area (Å²) in [5.74, 6) is 3.00. The molecule has 0 heterocycles. The summed E-state index contributed by atoms with van der Waals surface area (Å²) in [6, 6.07) is 0. The van der Waals surface area contributed by atoms with Crippen molar-refractivity contribution in [3.05, 3.63) is 47.6 Å². The van der Waals surface area contributed by atoms with Crippen LogP contribution in [0.15, 0.2) is 47.6 Å². The van der Waals surface area contributed by atoms with Crippen LogP contribution in [0.2, 0.25) is 0 Å². The molecule has 2 nitrogen and oxygen atoms in total. The first kappa shape index (κ1) is 23.5. The average Bonchev–Trinajstić information content (AvgIpc) is 3.05. The van der Waals surface area contributed by atoms with E-state index < -0.39 is 0 Å². The molecule has 0 radical (unpaired) electrons. The van der Waals surface area contributed by atoms with Crippen LogP contribution in [0.4, 0.5) is 0 Å². The fraction of sp³-hybridized carbons (Fsp3) is 0.667. The highest BCUT2D eigenvalue weighted by Gasteiger charge is 2.57. The van der Waals surface area contributed by atoms with Gasteiger partial charge in [-0.15, -0.1) is 0 Å². The maximum atomic E-state index is 13.0. The second-order valence-corrected chi connectivity index (χ2v) is 11.1. The maximum Gasteiger partial charge on any atom is 0.162 e. The van der Waals surface area contributed by atoms with Crippen LogP contribution in [0.1, 0.15) is 91.9 Å². The van der Waals surface area contributed by atoms with E-state index in [1.165, 1.54) is 12.0 Å². The Balaban J connectivity index is 0.00000119. The van der Waals surface area contributed by atoms with E-state index in [1.807, 2.05) is 13.8 Å². The van der Waals surface area contributed by atoms with Gasteiger partial charge in [0.2, 0.25) is 0 Å². The third-order valence-corrected chi connectivity index (χ3v) is 9.53. The quantitative estimate of drug-likeness (QED) is 0.315. The molecule has 0 aromatic heterocycles. The zero-order valence-corrected chi connectivity index (χ0v) is 20.7. The van der Waals surface area contributed by atoms with Crippen molar-refractivity contribution in [3.63, 3.8) is 0 Å². The van der Waals surface area contributed by atoms with Crippen molar-refractivity contribution >= 4 is 11.6 Å². The monoisotopic (exact) mass is 434 g/mol. The van der Waals surface area contributed by atoms with E-state index in [2.05, 4.69) is 50.3 Å².